The third-order valence-corrected chi connectivity index (χ3v) is 3.40. The molecule has 0 unspecified atom stereocenters. The molecule has 2 aromatic carbocycles. The quantitative estimate of drug-likeness (QED) is 0.431. The molecule has 1 heterocycles. The average molecular weight is 364 g/mol. The number of benzene rings is 2. The fraction of sp³-hybridized carbons (Fsp3) is 0. The third kappa shape index (κ3) is 2.60. The van der Waals surface area contributed by atoms with E-state index >= 15 is 0 Å². The summed E-state index contributed by atoms with van der Waals surface area (Å²) in [4.78, 5) is 19.0. The Labute approximate surface area is 123 Å². The maximum atomic E-state index is 11.9. The van der Waals surface area contributed by atoms with Crippen LogP contribution in [-0.2, 0) is 0 Å². The van der Waals surface area contributed by atoms with Gasteiger partial charge in [0.15, 0.2) is 0 Å². The van der Waals surface area contributed by atoms with Gasteiger partial charge < -0.3 is 9.72 Å². The highest BCUT2D eigenvalue weighted by Crippen LogP contribution is 2.19. The van der Waals surface area contributed by atoms with E-state index in [1.54, 1.807) is 30.6 Å². The molecule has 0 radical (unpaired) electrons. The summed E-state index contributed by atoms with van der Waals surface area (Å²) in [6.07, 6.45) is 1.61. The summed E-state index contributed by atoms with van der Waals surface area (Å²) in [5.41, 5.74) is 2.21. The Hall–Kier alpha value is -1.89. The minimum absolute atomic E-state index is 0.365. The Morgan fingerprint density at radius 1 is 1.16 bits per heavy atom. The van der Waals surface area contributed by atoms with E-state index in [4.69, 9.17) is 4.74 Å². The van der Waals surface area contributed by atoms with Gasteiger partial charge in [0.1, 0.15) is 5.75 Å². The maximum Gasteiger partial charge on any atom is 0.343 e. The summed E-state index contributed by atoms with van der Waals surface area (Å²) in [5, 5.41) is 0. The lowest BCUT2D eigenvalue weighted by Crippen LogP contribution is -2.08. The van der Waals surface area contributed by atoms with Crippen molar-refractivity contribution >= 4 is 39.6 Å². The van der Waals surface area contributed by atoms with Gasteiger partial charge in [-0.1, -0.05) is 0 Å². The molecule has 0 spiro atoms. The van der Waals surface area contributed by atoms with E-state index in [9.17, 15) is 4.79 Å². The normalized spacial score (nSPS) is 10.6. The number of nitrogens with zero attached hydrogens (tertiary/aromatic N) is 1. The monoisotopic (exact) mass is 364 g/mol. The molecular weight excluding hydrogens is 355 g/mol. The number of rotatable bonds is 2. The number of imidazole rings is 1. The van der Waals surface area contributed by atoms with Crippen molar-refractivity contribution in [2.75, 3.05) is 0 Å². The van der Waals surface area contributed by atoms with Crippen LogP contribution in [0.3, 0.4) is 0 Å². The molecule has 0 saturated heterocycles. The molecule has 94 valence electrons. The number of aromatic amines is 1. The van der Waals surface area contributed by atoms with Gasteiger partial charge in [0, 0.05) is 9.64 Å². The predicted molar refractivity (Wildman–Crippen MR) is 80.2 cm³/mol. The number of hydrogen-bond acceptors (Lipinski definition) is 3. The number of H-pyrrole nitrogens is 1. The van der Waals surface area contributed by atoms with E-state index in [0.29, 0.717) is 11.3 Å². The molecule has 0 fully saturated rings. The highest BCUT2D eigenvalue weighted by Gasteiger charge is 2.09. The first-order valence-corrected chi connectivity index (χ1v) is 6.71. The van der Waals surface area contributed by atoms with Gasteiger partial charge in [-0.15, -0.1) is 0 Å². The van der Waals surface area contributed by atoms with Crippen LogP contribution >= 0.6 is 22.6 Å². The van der Waals surface area contributed by atoms with Crippen LogP contribution in [0.25, 0.3) is 11.0 Å². The minimum Gasteiger partial charge on any atom is -0.423 e. The number of fused-ring (bicyclic) bond motifs is 1. The van der Waals surface area contributed by atoms with Crippen LogP contribution in [-0.4, -0.2) is 15.9 Å². The first-order valence-electron chi connectivity index (χ1n) is 5.63. The Morgan fingerprint density at radius 3 is 2.74 bits per heavy atom. The van der Waals surface area contributed by atoms with Crippen LogP contribution in [0.4, 0.5) is 0 Å². The molecule has 0 saturated carbocycles. The highest BCUT2D eigenvalue weighted by molar-refractivity contribution is 14.1. The molecule has 1 N–H and O–H groups in total. The van der Waals surface area contributed by atoms with Gasteiger partial charge in [-0.3, -0.25) is 0 Å². The fourth-order valence-corrected chi connectivity index (χ4v) is 2.09. The summed E-state index contributed by atoms with van der Waals surface area (Å²) in [6, 6.07) is 12.5. The van der Waals surface area contributed by atoms with E-state index in [1.807, 2.05) is 18.2 Å². The van der Waals surface area contributed by atoms with Gasteiger partial charge in [0.05, 0.1) is 22.9 Å². The second-order valence-corrected chi connectivity index (χ2v) is 5.22. The van der Waals surface area contributed by atoms with Crippen molar-refractivity contribution in [3.8, 4) is 5.75 Å². The fourth-order valence-electron chi connectivity index (χ4n) is 1.73. The molecule has 0 bridgehead atoms. The summed E-state index contributed by atoms with van der Waals surface area (Å²) >= 11 is 2.19. The third-order valence-electron chi connectivity index (χ3n) is 2.68. The molecule has 0 amide bonds. The number of carbonyl (C=O) groups excluding carboxylic acids is 1. The molecule has 3 aromatic rings. The number of carbonyl (C=O) groups is 1. The number of ether oxygens (including phenoxy) is 1. The van der Waals surface area contributed by atoms with Crippen molar-refractivity contribution in [3.05, 3.63) is 57.9 Å². The van der Waals surface area contributed by atoms with Crippen LogP contribution < -0.4 is 4.74 Å². The molecule has 1 aromatic heterocycles. The largest absolute Gasteiger partial charge is 0.423 e. The van der Waals surface area contributed by atoms with Crippen LogP contribution in [0.15, 0.2) is 48.8 Å². The average Bonchev–Trinajstić information content (AvgIpc) is 2.87. The zero-order valence-electron chi connectivity index (χ0n) is 9.76. The predicted octanol–water partition coefficient (Wildman–Crippen LogP) is 3.39. The first kappa shape index (κ1) is 12.2. The van der Waals surface area contributed by atoms with E-state index < -0.39 is 0 Å². The molecule has 19 heavy (non-hydrogen) atoms. The maximum absolute atomic E-state index is 11.9. The van der Waals surface area contributed by atoms with Crippen LogP contribution in [0, 0.1) is 3.57 Å². The van der Waals surface area contributed by atoms with E-state index in [2.05, 4.69) is 32.6 Å². The van der Waals surface area contributed by atoms with Gasteiger partial charge in [-0.2, -0.15) is 0 Å². The number of aromatic nitrogens is 2. The van der Waals surface area contributed by atoms with Gasteiger partial charge >= 0.3 is 5.97 Å². The standard InChI is InChI=1S/C14H9IN2O2/c15-10-3-1-9(2-4-10)14(18)19-11-5-6-12-13(7-11)17-8-16-12/h1-8H,(H,16,17). The lowest BCUT2D eigenvalue weighted by molar-refractivity contribution is 0.0735. The van der Waals surface area contributed by atoms with Gasteiger partial charge in [-0.25, -0.2) is 9.78 Å². The Bertz CT molecular complexity index is 735. The minimum atomic E-state index is -0.365. The lowest BCUT2D eigenvalue weighted by atomic mass is 10.2. The zero-order chi connectivity index (χ0) is 13.2. The zero-order valence-corrected chi connectivity index (χ0v) is 11.9. The summed E-state index contributed by atoms with van der Waals surface area (Å²) in [6.45, 7) is 0. The number of nitrogens with one attached hydrogen (secondary N) is 1. The molecule has 0 aliphatic heterocycles. The Balaban J connectivity index is 1.83. The van der Waals surface area contributed by atoms with Crippen molar-refractivity contribution in [2.45, 2.75) is 0 Å². The summed E-state index contributed by atoms with van der Waals surface area (Å²) < 4.78 is 6.41. The molecule has 0 aliphatic rings. The Morgan fingerprint density at radius 2 is 1.95 bits per heavy atom. The smallest absolute Gasteiger partial charge is 0.343 e. The summed E-state index contributed by atoms with van der Waals surface area (Å²) in [7, 11) is 0. The van der Waals surface area contributed by atoms with Crippen molar-refractivity contribution in [1.82, 2.24) is 9.97 Å². The van der Waals surface area contributed by atoms with Gasteiger partial charge in [0.2, 0.25) is 0 Å². The van der Waals surface area contributed by atoms with E-state index in [0.717, 1.165) is 14.6 Å². The SMILES string of the molecule is O=C(Oc1ccc2nc[nH]c2c1)c1ccc(I)cc1. The molecule has 3 rings (SSSR count). The first-order chi connectivity index (χ1) is 9.22. The lowest BCUT2D eigenvalue weighted by Gasteiger charge is -2.04. The molecule has 5 heteroatoms. The van der Waals surface area contributed by atoms with Crippen molar-refractivity contribution < 1.29 is 9.53 Å². The van der Waals surface area contributed by atoms with Crippen molar-refractivity contribution in [3.63, 3.8) is 0 Å². The second-order valence-electron chi connectivity index (χ2n) is 3.98. The van der Waals surface area contributed by atoms with Crippen molar-refractivity contribution in [2.24, 2.45) is 0 Å². The number of halogens is 1. The second kappa shape index (κ2) is 5.00. The van der Waals surface area contributed by atoms with Crippen LogP contribution in [0.1, 0.15) is 10.4 Å². The van der Waals surface area contributed by atoms with Crippen LogP contribution in [0.2, 0.25) is 0 Å². The number of esters is 1. The molecule has 0 aliphatic carbocycles. The van der Waals surface area contributed by atoms with E-state index in [-0.39, 0.29) is 5.97 Å². The summed E-state index contributed by atoms with van der Waals surface area (Å²) in [5.74, 6) is 0.135. The topological polar surface area (TPSA) is 55.0 Å². The van der Waals surface area contributed by atoms with E-state index in [1.165, 1.54) is 0 Å². The highest BCUT2D eigenvalue weighted by atomic mass is 127. The van der Waals surface area contributed by atoms with Gasteiger partial charge in [0.25, 0.3) is 0 Å². The Kier molecular flexibility index (Phi) is 3.20. The number of hydrogen-bond donors (Lipinski definition) is 1. The van der Waals surface area contributed by atoms with Crippen molar-refractivity contribution in [1.29, 1.82) is 0 Å². The molecular formula is C14H9IN2O2. The van der Waals surface area contributed by atoms with Crippen LogP contribution in [0.5, 0.6) is 5.75 Å². The molecule has 0 atom stereocenters. The van der Waals surface area contributed by atoms with Gasteiger partial charge in [-0.05, 0) is 59.0 Å². The molecule has 4 nitrogen and oxygen atoms in total.